The first-order valence-corrected chi connectivity index (χ1v) is 7.22. The number of aryl methyl sites for hydroxylation is 1. The molecule has 0 spiro atoms. The quantitative estimate of drug-likeness (QED) is 0.909. The number of aliphatic hydroxyl groups excluding tert-OH is 1. The fourth-order valence-corrected chi connectivity index (χ4v) is 3.29. The molecule has 0 saturated carbocycles. The zero-order valence-electron chi connectivity index (χ0n) is 12.4. The van der Waals surface area contributed by atoms with Crippen molar-refractivity contribution in [2.24, 2.45) is 5.41 Å². The van der Waals surface area contributed by atoms with Crippen LogP contribution in [0.4, 0.5) is 0 Å². The summed E-state index contributed by atoms with van der Waals surface area (Å²) < 4.78 is 2.33. The van der Waals surface area contributed by atoms with Gasteiger partial charge in [-0.2, -0.15) is 0 Å². The molecule has 2 heterocycles. The Hall–Kier alpha value is -1.61. The molecule has 106 valence electrons. The number of hydrogen-bond donors (Lipinski definition) is 1. The lowest BCUT2D eigenvalue weighted by Crippen LogP contribution is -2.27. The molecule has 3 rings (SSSR count). The molecule has 20 heavy (non-hydrogen) atoms. The van der Waals surface area contributed by atoms with Gasteiger partial charge in [-0.15, -0.1) is 0 Å². The van der Waals surface area contributed by atoms with E-state index in [0.29, 0.717) is 0 Å². The van der Waals surface area contributed by atoms with Crippen molar-refractivity contribution in [1.29, 1.82) is 0 Å². The van der Waals surface area contributed by atoms with Gasteiger partial charge in [-0.3, -0.25) is 4.98 Å². The standard InChI is InChI=1S/C17H22N2O/c1-12-7-14-15(8-17(2,3)9-16(14)20)19(12)11-13-5-4-6-18-10-13/h4-7,10,16,20H,8-9,11H2,1-3H3. The van der Waals surface area contributed by atoms with Crippen molar-refractivity contribution in [3.05, 3.63) is 53.1 Å². The van der Waals surface area contributed by atoms with Crippen LogP contribution in [-0.2, 0) is 13.0 Å². The maximum absolute atomic E-state index is 10.4. The number of hydrogen-bond acceptors (Lipinski definition) is 2. The molecule has 2 aromatic rings. The average Bonchev–Trinajstić information content (AvgIpc) is 2.67. The van der Waals surface area contributed by atoms with E-state index >= 15 is 0 Å². The maximum atomic E-state index is 10.4. The lowest BCUT2D eigenvalue weighted by atomic mass is 9.75. The van der Waals surface area contributed by atoms with Crippen LogP contribution in [0.1, 0.15) is 48.9 Å². The third-order valence-electron chi connectivity index (χ3n) is 4.26. The Kier molecular flexibility index (Phi) is 3.17. The zero-order chi connectivity index (χ0) is 14.3. The minimum absolute atomic E-state index is 0.157. The number of pyridine rings is 1. The molecular weight excluding hydrogens is 248 g/mol. The van der Waals surface area contributed by atoms with E-state index in [1.807, 2.05) is 12.3 Å². The van der Waals surface area contributed by atoms with E-state index in [1.165, 1.54) is 17.0 Å². The predicted molar refractivity (Wildman–Crippen MR) is 79.6 cm³/mol. The molecule has 1 unspecified atom stereocenters. The summed E-state index contributed by atoms with van der Waals surface area (Å²) in [5, 5.41) is 10.4. The van der Waals surface area contributed by atoms with Crippen molar-refractivity contribution in [3.63, 3.8) is 0 Å². The van der Waals surface area contributed by atoms with Crippen molar-refractivity contribution in [2.45, 2.75) is 46.3 Å². The van der Waals surface area contributed by atoms with Crippen molar-refractivity contribution in [3.8, 4) is 0 Å². The number of fused-ring (bicyclic) bond motifs is 1. The monoisotopic (exact) mass is 270 g/mol. The summed E-state index contributed by atoms with van der Waals surface area (Å²) in [4.78, 5) is 4.19. The van der Waals surface area contributed by atoms with Gasteiger partial charge in [0.2, 0.25) is 0 Å². The number of aliphatic hydroxyl groups is 1. The molecule has 3 heteroatoms. The van der Waals surface area contributed by atoms with Crippen LogP contribution < -0.4 is 0 Å². The van der Waals surface area contributed by atoms with Crippen molar-refractivity contribution in [1.82, 2.24) is 9.55 Å². The van der Waals surface area contributed by atoms with Crippen LogP contribution >= 0.6 is 0 Å². The number of rotatable bonds is 2. The molecule has 0 amide bonds. The van der Waals surface area contributed by atoms with E-state index in [-0.39, 0.29) is 11.5 Å². The predicted octanol–water partition coefficient (Wildman–Crippen LogP) is 3.25. The Morgan fingerprint density at radius 1 is 1.45 bits per heavy atom. The van der Waals surface area contributed by atoms with E-state index in [2.05, 4.69) is 42.5 Å². The second-order valence-electron chi connectivity index (χ2n) is 6.70. The molecule has 2 aromatic heterocycles. The Labute approximate surface area is 120 Å². The van der Waals surface area contributed by atoms with Crippen LogP contribution in [0.25, 0.3) is 0 Å². The first kappa shape index (κ1) is 13.4. The van der Waals surface area contributed by atoms with Crippen LogP contribution in [0.15, 0.2) is 30.6 Å². The molecule has 0 aromatic carbocycles. The van der Waals surface area contributed by atoms with E-state index in [0.717, 1.165) is 24.9 Å². The van der Waals surface area contributed by atoms with Gasteiger partial charge in [0.05, 0.1) is 6.10 Å². The van der Waals surface area contributed by atoms with Gasteiger partial charge >= 0.3 is 0 Å². The minimum Gasteiger partial charge on any atom is -0.388 e. The summed E-state index contributed by atoms with van der Waals surface area (Å²) in [6, 6.07) is 6.22. The highest BCUT2D eigenvalue weighted by atomic mass is 16.3. The Morgan fingerprint density at radius 2 is 2.25 bits per heavy atom. The van der Waals surface area contributed by atoms with Gasteiger partial charge in [0.1, 0.15) is 0 Å². The third kappa shape index (κ3) is 2.38. The Bertz CT molecular complexity index is 613. The van der Waals surface area contributed by atoms with Crippen molar-refractivity contribution < 1.29 is 5.11 Å². The summed E-state index contributed by atoms with van der Waals surface area (Å²) in [6.45, 7) is 7.41. The topological polar surface area (TPSA) is 38.0 Å². The van der Waals surface area contributed by atoms with Gasteiger partial charge in [-0.25, -0.2) is 0 Å². The maximum Gasteiger partial charge on any atom is 0.0812 e. The molecule has 0 saturated heterocycles. The Morgan fingerprint density at radius 3 is 2.95 bits per heavy atom. The third-order valence-corrected chi connectivity index (χ3v) is 4.26. The van der Waals surface area contributed by atoms with Crippen LogP contribution in [0, 0.1) is 12.3 Å². The molecule has 1 aliphatic carbocycles. The largest absolute Gasteiger partial charge is 0.388 e. The highest BCUT2D eigenvalue weighted by Crippen LogP contribution is 2.42. The highest BCUT2D eigenvalue weighted by molar-refractivity contribution is 5.34. The van der Waals surface area contributed by atoms with Crippen molar-refractivity contribution in [2.75, 3.05) is 0 Å². The van der Waals surface area contributed by atoms with E-state index in [4.69, 9.17) is 0 Å². The summed E-state index contributed by atoms with van der Waals surface area (Å²) in [6.07, 6.45) is 5.25. The average molecular weight is 270 g/mol. The summed E-state index contributed by atoms with van der Waals surface area (Å²) >= 11 is 0. The van der Waals surface area contributed by atoms with Crippen LogP contribution in [0.5, 0.6) is 0 Å². The van der Waals surface area contributed by atoms with Gasteiger partial charge in [-0.05, 0) is 42.9 Å². The second-order valence-corrected chi connectivity index (χ2v) is 6.70. The molecule has 1 N–H and O–H groups in total. The normalized spacial score (nSPS) is 20.7. The second kappa shape index (κ2) is 4.74. The van der Waals surface area contributed by atoms with Gasteiger partial charge in [0.25, 0.3) is 0 Å². The van der Waals surface area contributed by atoms with E-state index < -0.39 is 0 Å². The molecule has 1 aliphatic rings. The highest BCUT2D eigenvalue weighted by Gasteiger charge is 2.33. The lowest BCUT2D eigenvalue weighted by Gasteiger charge is -2.34. The van der Waals surface area contributed by atoms with Crippen LogP contribution in [0.2, 0.25) is 0 Å². The SMILES string of the molecule is Cc1cc2c(n1Cc1cccnc1)CC(C)(C)CC2O. The fourth-order valence-electron chi connectivity index (χ4n) is 3.29. The smallest absolute Gasteiger partial charge is 0.0812 e. The molecule has 3 nitrogen and oxygen atoms in total. The first-order chi connectivity index (χ1) is 9.46. The van der Waals surface area contributed by atoms with Crippen LogP contribution in [-0.4, -0.2) is 14.7 Å². The summed E-state index contributed by atoms with van der Waals surface area (Å²) in [7, 11) is 0. The molecular formula is C17H22N2O. The minimum atomic E-state index is -0.331. The number of nitrogens with zero attached hydrogens (tertiary/aromatic N) is 2. The van der Waals surface area contributed by atoms with Gasteiger partial charge in [0.15, 0.2) is 0 Å². The zero-order valence-corrected chi connectivity index (χ0v) is 12.4. The molecule has 0 bridgehead atoms. The van der Waals surface area contributed by atoms with E-state index in [9.17, 15) is 5.11 Å². The van der Waals surface area contributed by atoms with Crippen LogP contribution in [0.3, 0.4) is 0 Å². The fraction of sp³-hybridized carbons (Fsp3) is 0.471. The molecule has 0 radical (unpaired) electrons. The lowest BCUT2D eigenvalue weighted by molar-refractivity contribution is 0.0981. The number of aromatic nitrogens is 2. The van der Waals surface area contributed by atoms with Gasteiger partial charge in [0, 0.05) is 35.9 Å². The van der Waals surface area contributed by atoms with Gasteiger partial charge in [-0.1, -0.05) is 19.9 Å². The Balaban J connectivity index is 2.01. The molecule has 0 aliphatic heterocycles. The summed E-state index contributed by atoms with van der Waals surface area (Å²) in [5.41, 5.74) is 4.98. The van der Waals surface area contributed by atoms with Gasteiger partial charge < -0.3 is 9.67 Å². The van der Waals surface area contributed by atoms with E-state index in [1.54, 1.807) is 6.20 Å². The first-order valence-electron chi connectivity index (χ1n) is 7.22. The molecule has 0 fully saturated rings. The van der Waals surface area contributed by atoms with Crippen molar-refractivity contribution >= 4 is 0 Å². The molecule has 1 atom stereocenters. The summed E-state index contributed by atoms with van der Waals surface area (Å²) in [5.74, 6) is 0.